The second-order valence-corrected chi connectivity index (χ2v) is 5.77. The fourth-order valence-electron chi connectivity index (χ4n) is 2.21. The van der Waals surface area contributed by atoms with Crippen LogP contribution < -0.4 is 15.5 Å². The minimum atomic E-state index is -1.19. The summed E-state index contributed by atoms with van der Waals surface area (Å²) < 4.78 is 0. The molecule has 0 saturated carbocycles. The highest BCUT2D eigenvalue weighted by Crippen LogP contribution is 2.38. The van der Waals surface area contributed by atoms with E-state index in [4.69, 9.17) is 11.6 Å². The molecule has 0 fully saturated rings. The Kier molecular flexibility index (Phi) is 4.39. The fraction of sp³-hybridized carbons (Fsp3) is 0.429. The number of hydrogen-bond acceptors (Lipinski definition) is 4. The summed E-state index contributed by atoms with van der Waals surface area (Å²) in [4.78, 5) is 24.9. The lowest BCUT2D eigenvalue weighted by Gasteiger charge is -2.21. The van der Waals surface area contributed by atoms with Gasteiger partial charge in [-0.25, -0.2) is 0 Å². The average molecular weight is 312 g/mol. The first kappa shape index (κ1) is 15.6. The van der Waals surface area contributed by atoms with Crippen LogP contribution in [0.1, 0.15) is 25.5 Å². The molecule has 7 heteroatoms. The van der Waals surface area contributed by atoms with Crippen LogP contribution in [-0.2, 0) is 9.59 Å². The number of anilines is 2. The molecule has 0 saturated heterocycles. The molecule has 1 aromatic rings. The summed E-state index contributed by atoms with van der Waals surface area (Å²) >= 11 is 6.18. The van der Waals surface area contributed by atoms with E-state index in [9.17, 15) is 14.7 Å². The Morgan fingerprint density at radius 3 is 2.81 bits per heavy atom. The molecule has 0 aliphatic carbocycles. The SMILES string of the molecule is CC(C)NC(=O)CN(C)c1cc2c(cc1Cl)C(O)C(=O)N2. The zero-order valence-electron chi connectivity index (χ0n) is 12.1. The number of rotatable bonds is 4. The van der Waals surface area contributed by atoms with Crippen LogP contribution in [0.2, 0.25) is 5.02 Å². The lowest BCUT2D eigenvalue weighted by atomic mass is 10.1. The minimum Gasteiger partial charge on any atom is -0.378 e. The molecule has 3 N–H and O–H groups in total. The fourth-order valence-corrected chi connectivity index (χ4v) is 2.53. The molecule has 2 amide bonds. The molecule has 1 unspecified atom stereocenters. The highest BCUT2D eigenvalue weighted by molar-refractivity contribution is 6.33. The standard InChI is InChI=1S/C14H18ClN3O3/c1-7(2)16-12(19)6-18(3)11-5-10-8(4-9(11)15)13(20)14(21)17-10/h4-5,7,13,20H,6H2,1-3H3,(H,16,19)(H,17,21). The number of amides is 2. The van der Waals surface area contributed by atoms with Crippen molar-refractivity contribution in [2.45, 2.75) is 26.0 Å². The van der Waals surface area contributed by atoms with Gasteiger partial charge in [-0.15, -0.1) is 0 Å². The van der Waals surface area contributed by atoms with Crippen LogP contribution >= 0.6 is 11.6 Å². The van der Waals surface area contributed by atoms with E-state index in [1.807, 2.05) is 13.8 Å². The zero-order chi connectivity index (χ0) is 15.7. The first-order chi connectivity index (χ1) is 9.79. The largest absolute Gasteiger partial charge is 0.378 e. The number of benzene rings is 1. The first-order valence-corrected chi connectivity index (χ1v) is 7.00. The van der Waals surface area contributed by atoms with Crippen LogP contribution in [0.3, 0.4) is 0 Å². The van der Waals surface area contributed by atoms with Crippen LogP contribution in [0.15, 0.2) is 12.1 Å². The number of carbonyl (C=O) groups is 2. The Morgan fingerprint density at radius 1 is 1.52 bits per heavy atom. The van der Waals surface area contributed by atoms with Crippen molar-refractivity contribution in [3.8, 4) is 0 Å². The van der Waals surface area contributed by atoms with Crippen LogP contribution in [-0.4, -0.2) is 36.6 Å². The Labute approximate surface area is 128 Å². The van der Waals surface area contributed by atoms with Gasteiger partial charge in [0, 0.05) is 24.3 Å². The lowest BCUT2D eigenvalue weighted by Crippen LogP contribution is -2.38. The summed E-state index contributed by atoms with van der Waals surface area (Å²) in [5.41, 5.74) is 1.58. The molecule has 1 atom stereocenters. The van der Waals surface area contributed by atoms with Crippen LogP contribution in [0.25, 0.3) is 0 Å². The number of nitrogens with one attached hydrogen (secondary N) is 2. The van der Waals surface area contributed by atoms with Gasteiger partial charge in [0.1, 0.15) is 0 Å². The van der Waals surface area contributed by atoms with E-state index in [0.29, 0.717) is 22.0 Å². The number of likely N-dealkylation sites (N-methyl/N-ethyl adjacent to an activating group) is 1. The topological polar surface area (TPSA) is 81.7 Å². The van der Waals surface area contributed by atoms with E-state index >= 15 is 0 Å². The first-order valence-electron chi connectivity index (χ1n) is 6.62. The number of fused-ring (bicyclic) bond motifs is 1. The molecule has 0 spiro atoms. The maximum atomic E-state index is 11.8. The molecule has 0 aromatic heterocycles. The van der Waals surface area contributed by atoms with Gasteiger partial charge < -0.3 is 20.6 Å². The van der Waals surface area contributed by atoms with Gasteiger partial charge in [0.15, 0.2) is 6.10 Å². The number of halogens is 1. The van der Waals surface area contributed by atoms with E-state index in [1.54, 1.807) is 24.1 Å². The smallest absolute Gasteiger partial charge is 0.257 e. The summed E-state index contributed by atoms with van der Waals surface area (Å²) in [6.07, 6.45) is -1.19. The number of carbonyl (C=O) groups excluding carboxylic acids is 2. The quantitative estimate of drug-likeness (QED) is 0.782. The van der Waals surface area contributed by atoms with E-state index in [2.05, 4.69) is 10.6 Å². The maximum Gasteiger partial charge on any atom is 0.257 e. The monoisotopic (exact) mass is 311 g/mol. The molecular weight excluding hydrogens is 294 g/mol. The summed E-state index contributed by atoms with van der Waals surface area (Å²) in [6, 6.07) is 3.27. The summed E-state index contributed by atoms with van der Waals surface area (Å²) in [7, 11) is 1.74. The molecule has 1 heterocycles. The van der Waals surface area contributed by atoms with Gasteiger partial charge in [-0.3, -0.25) is 9.59 Å². The second kappa shape index (κ2) is 5.91. The van der Waals surface area contributed by atoms with Gasteiger partial charge in [-0.05, 0) is 26.0 Å². The molecule has 114 valence electrons. The number of aliphatic hydroxyl groups is 1. The van der Waals surface area contributed by atoms with Crippen molar-refractivity contribution in [2.24, 2.45) is 0 Å². The van der Waals surface area contributed by atoms with Gasteiger partial charge in [0.2, 0.25) is 5.91 Å². The summed E-state index contributed by atoms with van der Waals surface area (Å²) in [6.45, 7) is 3.92. The lowest BCUT2D eigenvalue weighted by molar-refractivity contribution is -0.123. The van der Waals surface area contributed by atoms with Crippen LogP contribution in [0.5, 0.6) is 0 Å². The molecule has 1 aliphatic heterocycles. The number of hydrogen-bond donors (Lipinski definition) is 3. The normalized spacial score (nSPS) is 16.7. The Hall–Kier alpha value is -1.79. The Balaban J connectivity index is 2.20. The highest BCUT2D eigenvalue weighted by Gasteiger charge is 2.30. The third-order valence-corrected chi connectivity index (χ3v) is 3.46. The van der Waals surface area contributed by atoms with Gasteiger partial charge >= 0.3 is 0 Å². The third-order valence-electron chi connectivity index (χ3n) is 3.16. The molecule has 6 nitrogen and oxygen atoms in total. The van der Waals surface area contributed by atoms with E-state index in [1.165, 1.54) is 0 Å². The minimum absolute atomic E-state index is 0.0656. The zero-order valence-corrected chi connectivity index (χ0v) is 12.9. The third kappa shape index (κ3) is 3.28. The maximum absolute atomic E-state index is 11.8. The van der Waals surface area contributed by atoms with Crippen LogP contribution in [0, 0.1) is 0 Å². The van der Waals surface area contributed by atoms with E-state index < -0.39 is 12.0 Å². The van der Waals surface area contributed by atoms with Gasteiger partial charge in [-0.1, -0.05) is 11.6 Å². The van der Waals surface area contributed by atoms with Crippen molar-refractivity contribution in [1.82, 2.24) is 5.32 Å². The van der Waals surface area contributed by atoms with Crippen molar-refractivity contribution in [2.75, 3.05) is 23.8 Å². The molecule has 21 heavy (non-hydrogen) atoms. The Morgan fingerprint density at radius 2 is 2.19 bits per heavy atom. The Bertz CT molecular complexity index is 589. The number of nitrogens with zero attached hydrogens (tertiary/aromatic N) is 1. The predicted octanol–water partition coefficient (Wildman–Crippen LogP) is 1.29. The van der Waals surface area contributed by atoms with Crippen molar-refractivity contribution in [3.05, 3.63) is 22.7 Å². The molecule has 1 aliphatic rings. The number of aliphatic hydroxyl groups excluding tert-OH is 1. The molecule has 0 bridgehead atoms. The average Bonchev–Trinajstić information content (AvgIpc) is 2.63. The summed E-state index contributed by atoms with van der Waals surface area (Å²) in [5.74, 6) is -0.591. The summed E-state index contributed by atoms with van der Waals surface area (Å²) in [5, 5.41) is 15.5. The molecular formula is C14H18ClN3O3. The molecule has 1 aromatic carbocycles. The van der Waals surface area contributed by atoms with Crippen LogP contribution in [0.4, 0.5) is 11.4 Å². The van der Waals surface area contributed by atoms with Crippen molar-refractivity contribution >= 4 is 34.8 Å². The molecule has 0 radical (unpaired) electrons. The van der Waals surface area contributed by atoms with Crippen molar-refractivity contribution < 1.29 is 14.7 Å². The molecule has 2 rings (SSSR count). The second-order valence-electron chi connectivity index (χ2n) is 5.36. The van der Waals surface area contributed by atoms with Gasteiger partial charge in [0.25, 0.3) is 5.91 Å². The predicted molar refractivity (Wildman–Crippen MR) is 81.6 cm³/mol. The van der Waals surface area contributed by atoms with Crippen molar-refractivity contribution in [1.29, 1.82) is 0 Å². The van der Waals surface area contributed by atoms with Gasteiger partial charge in [-0.2, -0.15) is 0 Å². The van der Waals surface area contributed by atoms with E-state index in [0.717, 1.165) is 0 Å². The van der Waals surface area contributed by atoms with E-state index in [-0.39, 0.29) is 18.5 Å². The van der Waals surface area contributed by atoms with Gasteiger partial charge in [0.05, 0.1) is 17.3 Å². The highest BCUT2D eigenvalue weighted by atomic mass is 35.5. The van der Waals surface area contributed by atoms with Crippen molar-refractivity contribution in [3.63, 3.8) is 0 Å².